The molecule has 2 heterocycles. The normalized spacial score (nSPS) is 11.6. The predicted octanol–water partition coefficient (Wildman–Crippen LogP) is 5.19. The molecule has 0 aliphatic rings. The number of hydrogen-bond acceptors (Lipinski definition) is 6. The molecule has 1 aromatic carbocycles. The number of thioether (sulfide) groups is 1. The zero-order chi connectivity index (χ0) is 20.1. The molecule has 0 aliphatic carbocycles. The van der Waals surface area contributed by atoms with Crippen molar-refractivity contribution in [3.8, 4) is 0 Å². The number of rotatable bonds is 7. The van der Waals surface area contributed by atoms with E-state index in [1.165, 1.54) is 35.2 Å². The molecule has 0 saturated carbocycles. The van der Waals surface area contributed by atoms with Gasteiger partial charge in [-0.3, -0.25) is 4.79 Å². The molecule has 0 spiro atoms. The molecule has 0 unspecified atom stereocenters. The first kappa shape index (κ1) is 20.4. The average Bonchev–Trinajstić information content (AvgIpc) is 3.28. The molecule has 0 aliphatic heterocycles. The van der Waals surface area contributed by atoms with Crippen LogP contribution in [-0.4, -0.2) is 15.9 Å². The van der Waals surface area contributed by atoms with E-state index < -0.39 is 11.7 Å². The first-order chi connectivity index (χ1) is 13.3. The van der Waals surface area contributed by atoms with Crippen molar-refractivity contribution in [2.45, 2.75) is 35.9 Å². The highest BCUT2D eigenvalue weighted by atomic mass is 32.2. The number of aromatic nitrogens is 2. The highest BCUT2D eigenvalue weighted by Crippen LogP contribution is 2.31. The molecule has 0 fully saturated rings. The molecule has 5 nitrogen and oxygen atoms in total. The number of aryl methyl sites for hydroxylation is 1. The smallest absolute Gasteiger partial charge is 0.416 e. The van der Waals surface area contributed by atoms with E-state index >= 15 is 0 Å². The summed E-state index contributed by atoms with van der Waals surface area (Å²) in [6, 6.07) is 4.53. The third-order valence-corrected chi connectivity index (χ3v) is 5.76. The number of oxazole rings is 1. The fraction of sp³-hybridized carbons (Fsp3) is 0.278. The Hall–Kier alpha value is -2.33. The van der Waals surface area contributed by atoms with Crippen LogP contribution in [0.2, 0.25) is 0 Å². The zero-order valence-corrected chi connectivity index (χ0v) is 16.4. The summed E-state index contributed by atoms with van der Waals surface area (Å²) < 4.78 is 44.1. The van der Waals surface area contributed by atoms with Gasteiger partial charge in [-0.2, -0.15) is 13.2 Å². The summed E-state index contributed by atoms with van der Waals surface area (Å²) in [5.74, 6) is 1.67. The number of nitrogens with zero attached hydrogens (tertiary/aromatic N) is 2. The molecular formula is C18H16F3N3O2S2. The van der Waals surface area contributed by atoms with Gasteiger partial charge in [0.1, 0.15) is 5.76 Å². The summed E-state index contributed by atoms with van der Waals surface area (Å²) in [6.45, 7) is 1.99. The molecular weight excluding hydrogens is 411 g/mol. The van der Waals surface area contributed by atoms with Gasteiger partial charge in [0.05, 0.1) is 34.3 Å². The molecule has 2 aromatic heterocycles. The van der Waals surface area contributed by atoms with Gasteiger partial charge in [0, 0.05) is 6.42 Å². The van der Waals surface area contributed by atoms with Crippen LogP contribution in [-0.2, 0) is 29.6 Å². The van der Waals surface area contributed by atoms with Crippen molar-refractivity contribution in [3.63, 3.8) is 0 Å². The highest BCUT2D eigenvalue weighted by Gasteiger charge is 2.29. The summed E-state index contributed by atoms with van der Waals surface area (Å²) in [5.41, 5.74) is -0.248. The summed E-state index contributed by atoms with van der Waals surface area (Å²) in [7, 11) is 0. The van der Waals surface area contributed by atoms with Crippen LogP contribution in [0.1, 0.15) is 29.7 Å². The molecule has 1 N–H and O–H groups in total. The third-order valence-electron chi connectivity index (χ3n) is 3.66. The first-order valence-electron chi connectivity index (χ1n) is 8.31. The van der Waals surface area contributed by atoms with Gasteiger partial charge in [-0.1, -0.05) is 30.4 Å². The molecule has 1 amide bonds. The maximum absolute atomic E-state index is 12.6. The van der Waals surface area contributed by atoms with Crippen LogP contribution in [0.15, 0.2) is 45.3 Å². The number of carbonyl (C=O) groups is 1. The maximum Gasteiger partial charge on any atom is 0.416 e. The van der Waals surface area contributed by atoms with E-state index in [1.54, 1.807) is 12.4 Å². The molecule has 0 bridgehead atoms. The lowest BCUT2D eigenvalue weighted by atomic mass is 10.1. The number of amides is 1. The molecule has 3 rings (SSSR count). The van der Waals surface area contributed by atoms with Gasteiger partial charge in [-0.25, -0.2) is 9.97 Å². The van der Waals surface area contributed by atoms with Crippen molar-refractivity contribution in [1.82, 2.24) is 9.97 Å². The third kappa shape index (κ3) is 5.59. The Balaban J connectivity index is 1.50. The first-order valence-corrected chi connectivity index (χ1v) is 10.1. The molecule has 148 valence electrons. The molecule has 28 heavy (non-hydrogen) atoms. The SMILES string of the molecule is CCc1cnc(CSc2cnc(NC(=O)Cc3ccc(C(F)(F)F)cc3)s2)o1. The zero-order valence-electron chi connectivity index (χ0n) is 14.7. The number of thiazole rings is 1. The van der Waals surface area contributed by atoms with Crippen molar-refractivity contribution >= 4 is 34.1 Å². The maximum atomic E-state index is 12.6. The summed E-state index contributed by atoms with van der Waals surface area (Å²) in [5, 5.41) is 3.09. The van der Waals surface area contributed by atoms with Crippen LogP contribution in [0.5, 0.6) is 0 Å². The number of benzene rings is 1. The lowest BCUT2D eigenvalue weighted by molar-refractivity contribution is -0.137. The topological polar surface area (TPSA) is 68.0 Å². The summed E-state index contributed by atoms with van der Waals surface area (Å²) in [6.07, 6.45) is -0.287. The van der Waals surface area contributed by atoms with Crippen LogP contribution in [0, 0.1) is 0 Å². The minimum atomic E-state index is -4.39. The van der Waals surface area contributed by atoms with Crippen LogP contribution in [0.25, 0.3) is 0 Å². The predicted molar refractivity (Wildman–Crippen MR) is 101 cm³/mol. The lowest BCUT2D eigenvalue weighted by Gasteiger charge is -2.07. The second-order valence-electron chi connectivity index (χ2n) is 5.77. The average molecular weight is 427 g/mol. The minimum absolute atomic E-state index is 0.0314. The van der Waals surface area contributed by atoms with Gasteiger partial charge < -0.3 is 9.73 Å². The number of anilines is 1. The molecule has 10 heteroatoms. The van der Waals surface area contributed by atoms with Crippen LogP contribution >= 0.6 is 23.1 Å². The molecule has 3 aromatic rings. The van der Waals surface area contributed by atoms with Crippen LogP contribution in [0.4, 0.5) is 18.3 Å². The second-order valence-corrected chi connectivity index (χ2v) is 8.07. The Morgan fingerprint density at radius 2 is 1.96 bits per heavy atom. The number of carbonyl (C=O) groups excluding carboxylic acids is 1. The van der Waals surface area contributed by atoms with Crippen LogP contribution in [0.3, 0.4) is 0 Å². The molecule has 0 saturated heterocycles. The van der Waals surface area contributed by atoms with E-state index in [9.17, 15) is 18.0 Å². The van der Waals surface area contributed by atoms with E-state index in [-0.39, 0.29) is 12.3 Å². The Labute approximate surface area is 167 Å². The molecule has 0 radical (unpaired) electrons. The fourth-order valence-corrected chi connectivity index (χ4v) is 4.00. The van der Waals surface area contributed by atoms with Gasteiger partial charge >= 0.3 is 6.18 Å². The Morgan fingerprint density at radius 3 is 2.61 bits per heavy atom. The lowest BCUT2D eigenvalue weighted by Crippen LogP contribution is -2.14. The number of alkyl halides is 3. The van der Waals surface area contributed by atoms with Crippen molar-refractivity contribution in [2.24, 2.45) is 0 Å². The standard InChI is InChI=1S/C18H16F3N3O2S2/c1-2-13-8-22-15(26-13)10-27-16-9-23-17(28-16)24-14(25)7-11-3-5-12(6-4-11)18(19,20)21/h3-6,8-9H,2,7,10H2,1H3,(H,23,24,25). The number of halogens is 3. The quantitative estimate of drug-likeness (QED) is 0.526. The van der Waals surface area contributed by atoms with Gasteiger partial charge in [0.2, 0.25) is 11.8 Å². The van der Waals surface area contributed by atoms with E-state index in [2.05, 4.69) is 15.3 Å². The monoisotopic (exact) mass is 427 g/mol. The summed E-state index contributed by atoms with van der Waals surface area (Å²) in [4.78, 5) is 20.4. The molecule has 0 atom stereocenters. The van der Waals surface area contributed by atoms with Gasteiger partial charge in [0.25, 0.3) is 0 Å². The van der Waals surface area contributed by atoms with Crippen molar-refractivity contribution in [2.75, 3.05) is 5.32 Å². The Morgan fingerprint density at radius 1 is 1.21 bits per heavy atom. The fourth-order valence-electron chi connectivity index (χ4n) is 2.26. The van der Waals surface area contributed by atoms with E-state index in [4.69, 9.17) is 4.42 Å². The van der Waals surface area contributed by atoms with Gasteiger partial charge in [-0.05, 0) is 17.7 Å². The Bertz CT molecular complexity index is 936. The van der Waals surface area contributed by atoms with Crippen molar-refractivity contribution in [1.29, 1.82) is 0 Å². The minimum Gasteiger partial charge on any atom is -0.445 e. The van der Waals surface area contributed by atoms with Crippen LogP contribution < -0.4 is 5.32 Å². The van der Waals surface area contributed by atoms with Gasteiger partial charge in [-0.15, -0.1) is 11.8 Å². The van der Waals surface area contributed by atoms with E-state index in [0.29, 0.717) is 22.3 Å². The highest BCUT2D eigenvalue weighted by molar-refractivity contribution is 8.00. The van der Waals surface area contributed by atoms with Crippen molar-refractivity contribution in [3.05, 3.63) is 59.4 Å². The van der Waals surface area contributed by atoms with Gasteiger partial charge in [0.15, 0.2) is 5.13 Å². The van der Waals surface area contributed by atoms with E-state index in [1.807, 2.05) is 6.92 Å². The largest absolute Gasteiger partial charge is 0.445 e. The van der Waals surface area contributed by atoms with Crippen molar-refractivity contribution < 1.29 is 22.4 Å². The van der Waals surface area contributed by atoms with E-state index in [0.717, 1.165) is 28.5 Å². The number of nitrogens with one attached hydrogen (secondary N) is 1. The second kappa shape index (κ2) is 8.78. The summed E-state index contributed by atoms with van der Waals surface area (Å²) >= 11 is 2.81. The Kier molecular flexibility index (Phi) is 6.40. The number of hydrogen-bond donors (Lipinski definition) is 1.